The zero-order valence-electron chi connectivity index (χ0n) is 12.9. The number of nitrogens with zero attached hydrogens (tertiary/aromatic N) is 2. The van der Waals surface area contributed by atoms with Crippen LogP contribution >= 0.6 is 0 Å². The monoisotopic (exact) mass is 343 g/mol. The molecule has 2 aliphatic rings. The van der Waals surface area contributed by atoms with Gasteiger partial charge in [0, 0.05) is 19.1 Å². The van der Waals surface area contributed by atoms with E-state index in [0.717, 1.165) is 17.0 Å². The molecule has 9 heteroatoms. The van der Waals surface area contributed by atoms with Crippen molar-refractivity contribution in [3.8, 4) is 0 Å². The quantitative estimate of drug-likeness (QED) is 0.902. The van der Waals surface area contributed by atoms with Gasteiger partial charge in [-0.25, -0.2) is 18.0 Å². The molecule has 6 nitrogen and oxygen atoms in total. The number of amides is 2. The molecular formula is C15H16F3N3O3. The van der Waals surface area contributed by atoms with Gasteiger partial charge in [0.05, 0.1) is 31.9 Å². The summed E-state index contributed by atoms with van der Waals surface area (Å²) in [5.41, 5.74) is -0.281. The SMILES string of the molecule is CC(=O)NC[C@H]1CN(c2cc(F)c(N3CC(F)C3)c(F)c2)C(=O)O1. The zero-order chi connectivity index (χ0) is 17.4. The first kappa shape index (κ1) is 16.4. The van der Waals surface area contributed by atoms with Gasteiger partial charge in [-0.05, 0) is 0 Å². The van der Waals surface area contributed by atoms with Crippen molar-refractivity contribution in [2.24, 2.45) is 0 Å². The van der Waals surface area contributed by atoms with Crippen LogP contribution < -0.4 is 15.1 Å². The molecule has 3 rings (SSSR count). The van der Waals surface area contributed by atoms with Crippen LogP contribution in [0.15, 0.2) is 12.1 Å². The summed E-state index contributed by atoms with van der Waals surface area (Å²) in [6.07, 6.45) is -2.44. The van der Waals surface area contributed by atoms with Gasteiger partial charge in [0.15, 0.2) is 11.6 Å². The number of benzene rings is 1. The molecule has 2 saturated heterocycles. The molecule has 2 heterocycles. The van der Waals surface area contributed by atoms with Gasteiger partial charge >= 0.3 is 6.09 Å². The number of ether oxygens (including phenoxy) is 1. The third-order valence-corrected chi connectivity index (χ3v) is 3.92. The Morgan fingerprint density at radius 1 is 1.29 bits per heavy atom. The Balaban J connectivity index is 1.75. The Kier molecular flexibility index (Phi) is 4.25. The van der Waals surface area contributed by atoms with Crippen molar-refractivity contribution < 1.29 is 27.5 Å². The van der Waals surface area contributed by atoms with Gasteiger partial charge in [0.1, 0.15) is 18.0 Å². The van der Waals surface area contributed by atoms with Crippen molar-refractivity contribution in [2.75, 3.05) is 36.0 Å². The predicted molar refractivity (Wildman–Crippen MR) is 79.8 cm³/mol. The van der Waals surface area contributed by atoms with E-state index < -0.39 is 30.0 Å². The average molecular weight is 343 g/mol. The smallest absolute Gasteiger partial charge is 0.414 e. The van der Waals surface area contributed by atoms with E-state index >= 15 is 0 Å². The van der Waals surface area contributed by atoms with E-state index in [1.807, 2.05) is 0 Å². The lowest BCUT2D eigenvalue weighted by molar-refractivity contribution is -0.119. The standard InChI is InChI=1S/C15H16F3N3O3/c1-8(22)19-4-11-7-21(15(23)24-11)10-2-12(17)14(13(18)3-10)20-5-9(16)6-20/h2-3,9,11H,4-7H2,1H3,(H,19,22)/t11-/m0/s1. The third-order valence-electron chi connectivity index (χ3n) is 3.92. The number of hydrogen-bond acceptors (Lipinski definition) is 4. The first-order valence-electron chi connectivity index (χ1n) is 7.46. The van der Waals surface area contributed by atoms with Crippen molar-refractivity contribution in [3.63, 3.8) is 0 Å². The van der Waals surface area contributed by atoms with Crippen molar-refractivity contribution in [1.29, 1.82) is 0 Å². The molecule has 2 amide bonds. The molecule has 0 bridgehead atoms. The zero-order valence-corrected chi connectivity index (χ0v) is 12.9. The van der Waals surface area contributed by atoms with Gasteiger partial charge < -0.3 is 15.0 Å². The fourth-order valence-corrected chi connectivity index (χ4v) is 2.71. The summed E-state index contributed by atoms with van der Waals surface area (Å²) in [5.74, 6) is -2.00. The van der Waals surface area contributed by atoms with E-state index in [1.165, 1.54) is 11.8 Å². The van der Waals surface area contributed by atoms with Gasteiger partial charge in [-0.1, -0.05) is 0 Å². The minimum absolute atomic E-state index is 0.0152. The Hall–Kier alpha value is -2.45. The lowest BCUT2D eigenvalue weighted by Gasteiger charge is -2.36. The fourth-order valence-electron chi connectivity index (χ4n) is 2.71. The lowest BCUT2D eigenvalue weighted by atomic mass is 10.1. The summed E-state index contributed by atoms with van der Waals surface area (Å²) in [6.45, 7) is 1.39. The van der Waals surface area contributed by atoms with E-state index in [0.29, 0.717) is 0 Å². The molecule has 130 valence electrons. The van der Waals surface area contributed by atoms with Crippen molar-refractivity contribution in [2.45, 2.75) is 19.2 Å². The highest BCUT2D eigenvalue weighted by Gasteiger charge is 2.35. The molecular weight excluding hydrogens is 327 g/mol. The molecule has 2 fully saturated rings. The molecule has 1 N–H and O–H groups in total. The van der Waals surface area contributed by atoms with Crippen LogP contribution in [0.4, 0.5) is 29.3 Å². The van der Waals surface area contributed by atoms with Crippen LogP contribution in [0.1, 0.15) is 6.92 Å². The van der Waals surface area contributed by atoms with Crippen LogP contribution in [0.25, 0.3) is 0 Å². The number of carbonyl (C=O) groups excluding carboxylic acids is 2. The second kappa shape index (κ2) is 6.21. The maximum absolute atomic E-state index is 14.2. The minimum Gasteiger partial charge on any atom is -0.442 e. The summed E-state index contributed by atoms with van der Waals surface area (Å²) in [6, 6.07) is 2.04. The van der Waals surface area contributed by atoms with E-state index in [-0.39, 0.29) is 43.5 Å². The highest BCUT2D eigenvalue weighted by atomic mass is 19.1. The van der Waals surface area contributed by atoms with E-state index in [2.05, 4.69) is 5.32 Å². The van der Waals surface area contributed by atoms with Gasteiger partial charge in [-0.2, -0.15) is 0 Å². The maximum atomic E-state index is 14.2. The number of alkyl halides is 1. The van der Waals surface area contributed by atoms with Crippen molar-refractivity contribution in [3.05, 3.63) is 23.8 Å². The molecule has 0 aromatic heterocycles. The summed E-state index contributed by atoms with van der Waals surface area (Å²) < 4.78 is 46.3. The third kappa shape index (κ3) is 3.10. The minimum atomic E-state index is -1.09. The molecule has 1 aromatic rings. The van der Waals surface area contributed by atoms with Gasteiger partial charge in [-0.15, -0.1) is 0 Å². The fraction of sp³-hybridized carbons (Fsp3) is 0.467. The molecule has 0 unspecified atom stereocenters. The number of nitrogens with one attached hydrogen (secondary N) is 1. The Morgan fingerprint density at radius 2 is 1.92 bits per heavy atom. The van der Waals surface area contributed by atoms with Crippen LogP contribution in [-0.4, -0.2) is 50.5 Å². The van der Waals surface area contributed by atoms with Crippen LogP contribution in [0, 0.1) is 11.6 Å². The second-order valence-corrected chi connectivity index (χ2v) is 5.81. The normalized spacial score (nSPS) is 20.8. The van der Waals surface area contributed by atoms with Crippen molar-refractivity contribution in [1.82, 2.24) is 5.32 Å². The molecule has 0 saturated carbocycles. The van der Waals surface area contributed by atoms with Crippen molar-refractivity contribution >= 4 is 23.4 Å². The van der Waals surface area contributed by atoms with Crippen LogP contribution in [0.5, 0.6) is 0 Å². The molecule has 24 heavy (non-hydrogen) atoms. The van der Waals surface area contributed by atoms with Crippen LogP contribution in [0.2, 0.25) is 0 Å². The summed E-state index contributed by atoms with van der Waals surface area (Å²) in [7, 11) is 0. The number of halogens is 3. The molecule has 0 spiro atoms. The first-order valence-corrected chi connectivity index (χ1v) is 7.46. The highest BCUT2D eigenvalue weighted by molar-refractivity contribution is 5.90. The average Bonchev–Trinajstić information content (AvgIpc) is 2.83. The van der Waals surface area contributed by atoms with E-state index in [1.54, 1.807) is 0 Å². The van der Waals surface area contributed by atoms with E-state index in [9.17, 15) is 22.8 Å². The molecule has 1 aromatic carbocycles. The summed E-state index contributed by atoms with van der Waals surface area (Å²) >= 11 is 0. The first-order chi connectivity index (χ1) is 11.3. The topological polar surface area (TPSA) is 61.9 Å². The summed E-state index contributed by atoms with van der Waals surface area (Å²) in [5, 5.41) is 2.51. The Morgan fingerprint density at radius 3 is 2.46 bits per heavy atom. The second-order valence-electron chi connectivity index (χ2n) is 5.81. The molecule has 1 atom stereocenters. The number of anilines is 2. The summed E-state index contributed by atoms with van der Waals surface area (Å²) in [4.78, 5) is 25.1. The maximum Gasteiger partial charge on any atom is 0.414 e. The lowest BCUT2D eigenvalue weighted by Crippen LogP contribution is -2.49. The number of cyclic esters (lactones) is 1. The number of hydrogen-bond donors (Lipinski definition) is 1. The van der Waals surface area contributed by atoms with Gasteiger partial charge in [-0.3, -0.25) is 9.69 Å². The van der Waals surface area contributed by atoms with E-state index in [4.69, 9.17) is 4.74 Å². The number of carbonyl (C=O) groups is 2. The van der Waals surface area contributed by atoms with Gasteiger partial charge in [0.25, 0.3) is 0 Å². The Labute approximate surface area is 136 Å². The van der Waals surface area contributed by atoms with Crippen LogP contribution in [-0.2, 0) is 9.53 Å². The molecule has 0 aliphatic carbocycles. The molecule has 0 radical (unpaired) electrons. The van der Waals surface area contributed by atoms with Crippen LogP contribution in [0.3, 0.4) is 0 Å². The Bertz CT molecular complexity index is 656. The highest BCUT2D eigenvalue weighted by Crippen LogP contribution is 2.33. The molecule has 2 aliphatic heterocycles. The van der Waals surface area contributed by atoms with Gasteiger partial charge in [0.2, 0.25) is 5.91 Å². The largest absolute Gasteiger partial charge is 0.442 e. The predicted octanol–water partition coefficient (Wildman–Crippen LogP) is 1.58. The number of rotatable bonds is 4.